The van der Waals surface area contributed by atoms with E-state index in [1.807, 2.05) is 30.5 Å². The number of aromatic nitrogens is 2. The topological polar surface area (TPSA) is 62.4 Å². The number of ether oxygens (including phenoxy) is 2. The summed E-state index contributed by atoms with van der Waals surface area (Å²) in [4.78, 5) is 2.28. The minimum Gasteiger partial charge on any atom is -0.454 e. The standard InChI is InChI=1S/C21H24N4O2/c1-25(18-6-3-2-4-7-18)11-5-10-22-13-17-14-23-24-21(17)16-8-9-19-20(12-16)27-15-26-19/h2-4,6-9,12,14,22H,5,10-11,13,15H2,1H3,(H,23,24). The Morgan fingerprint density at radius 2 is 1.96 bits per heavy atom. The third kappa shape index (κ3) is 4.06. The van der Waals surface area contributed by atoms with Crippen molar-refractivity contribution in [3.05, 3.63) is 60.3 Å². The van der Waals surface area contributed by atoms with Crippen molar-refractivity contribution < 1.29 is 9.47 Å². The molecule has 140 valence electrons. The lowest BCUT2D eigenvalue weighted by molar-refractivity contribution is 0.174. The normalized spacial score (nSPS) is 12.3. The predicted octanol–water partition coefficient (Wildman–Crippen LogP) is 3.42. The molecule has 0 amide bonds. The van der Waals surface area contributed by atoms with Crippen molar-refractivity contribution in [1.29, 1.82) is 0 Å². The first kappa shape index (κ1) is 17.4. The zero-order valence-corrected chi connectivity index (χ0v) is 15.4. The summed E-state index contributed by atoms with van der Waals surface area (Å²) in [6.45, 7) is 3.02. The zero-order chi connectivity index (χ0) is 18.5. The number of benzene rings is 2. The second kappa shape index (κ2) is 8.14. The van der Waals surface area contributed by atoms with E-state index in [1.54, 1.807) is 0 Å². The monoisotopic (exact) mass is 364 g/mol. The molecule has 0 spiro atoms. The van der Waals surface area contributed by atoms with Gasteiger partial charge in [-0.05, 0) is 43.3 Å². The number of rotatable bonds is 8. The predicted molar refractivity (Wildman–Crippen MR) is 106 cm³/mol. The molecule has 2 aromatic carbocycles. The number of nitrogens with one attached hydrogen (secondary N) is 2. The minimum atomic E-state index is 0.285. The molecule has 2 heterocycles. The van der Waals surface area contributed by atoms with E-state index in [4.69, 9.17) is 9.47 Å². The van der Waals surface area contributed by atoms with Gasteiger partial charge in [-0.2, -0.15) is 5.10 Å². The highest BCUT2D eigenvalue weighted by Crippen LogP contribution is 2.36. The maximum absolute atomic E-state index is 5.47. The third-order valence-corrected chi connectivity index (χ3v) is 4.74. The van der Waals surface area contributed by atoms with Crippen LogP contribution < -0.4 is 19.7 Å². The molecule has 0 atom stereocenters. The first-order valence-electron chi connectivity index (χ1n) is 9.20. The van der Waals surface area contributed by atoms with Gasteiger partial charge < -0.3 is 19.7 Å². The van der Waals surface area contributed by atoms with Crippen LogP contribution in [0.25, 0.3) is 11.3 Å². The van der Waals surface area contributed by atoms with Crippen LogP contribution in [0.2, 0.25) is 0 Å². The Labute approximate surface area is 159 Å². The van der Waals surface area contributed by atoms with Gasteiger partial charge in [-0.25, -0.2) is 0 Å². The van der Waals surface area contributed by atoms with Crippen LogP contribution in [-0.4, -0.2) is 37.1 Å². The van der Waals surface area contributed by atoms with E-state index >= 15 is 0 Å². The lowest BCUT2D eigenvalue weighted by Crippen LogP contribution is -2.23. The average molecular weight is 364 g/mol. The van der Waals surface area contributed by atoms with Gasteiger partial charge in [0.15, 0.2) is 11.5 Å². The molecule has 6 heteroatoms. The van der Waals surface area contributed by atoms with Crippen LogP contribution >= 0.6 is 0 Å². The second-order valence-electron chi connectivity index (χ2n) is 6.63. The Hall–Kier alpha value is -2.99. The second-order valence-corrected chi connectivity index (χ2v) is 6.63. The summed E-state index contributed by atoms with van der Waals surface area (Å²) in [6.07, 6.45) is 2.95. The lowest BCUT2D eigenvalue weighted by atomic mass is 10.1. The van der Waals surface area contributed by atoms with Gasteiger partial charge in [0.25, 0.3) is 0 Å². The maximum Gasteiger partial charge on any atom is 0.231 e. The van der Waals surface area contributed by atoms with Crippen molar-refractivity contribution in [2.75, 3.05) is 31.8 Å². The molecule has 1 aliphatic rings. The lowest BCUT2D eigenvalue weighted by Gasteiger charge is -2.19. The van der Waals surface area contributed by atoms with Gasteiger partial charge >= 0.3 is 0 Å². The molecule has 4 rings (SSSR count). The number of hydrogen-bond acceptors (Lipinski definition) is 5. The van der Waals surface area contributed by atoms with Crippen molar-refractivity contribution >= 4 is 5.69 Å². The Morgan fingerprint density at radius 1 is 1.11 bits per heavy atom. The fourth-order valence-corrected chi connectivity index (χ4v) is 3.22. The molecule has 0 saturated carbocycles. The van der Waals surface area contributed by atoms with Gasteiger partial charge in [0, 0.05) is 37.0 Å². The fourth-order valence-electron chi connectivity index (χ4n) is 3.22. The highest BCUT2D eigenvalue weighted by atomic mass is 16.7. The molecule has 0 bridgehead atoms. The number of para-hydroxylation sites is 1. The van der Waals surface area contributed by atoms with Crippen LogP contribution in [0.1, 0.15) is 12.0 Å². The Bertz CT molecular complexity index is 879. The third-order valence-electron chi connectivity index (χ3n) is 4.74. The molecule has 3 aromatic rings. The van der Waals surface area contributed by atoms with E-state index in [0.717, 1.165) is 54.4 Å². The molecular weight excluding hydrogens is 340 g/mol. The van der Waals surface area contributed by atoms with E-state index in [0.29, 0.717) is 0 Å². The van der Waals surface area contributed by atoms with Crippen molar-refractivity contribution in [3.8, 4) is 22.8 Å². The molecule has 6 nitrogen and oxygen atoms in total. The highest BCUT2D eigenvalue weighted by Gasteiger charge is 2.16. The molecule has 0 aliphatic carbocycles. The maximum atomic E-state index is 5.47. The Balaban J connectivity index is 1.28. The minimum absolute atomic E-state index is 0.285. The van der Waals surface area contributed by atoms with Crippen LogP contribution in [0.3, 0.4) is 0 Å². The first-order valence-corrected chi connectivity index (χ1v) is 9.20. The fraction of sp³-hybridized carbons (Fsp3) is 0.286. The van der Waals surface area contributed by atoms with E-state index in [2.05, 4.69) is 51.7 Å². The van der Waals surface area contributed by atoms with Crippen molar-refractivity contribution in [1.82, 2.24) is 15.5 Å². The summed E-state index contributed by atoms with van der Waals surface area (Å²) in [7, 11) is 2.13. The smallest absolute Gasteiger partial charge is 0.231 e. The van der Waals surface area contributed by atoms with Crippen molar-refractivity contribution in [3.63, 3.8) is 0 Å². The summed E-state index contributed by atoms with van der Waals surface area (Å²) >= 11 is 0. The summed E-state index contributed by atoms with van der Waals surface area (Å²) < 4.78 is 10.9. The summed E-state index contributed by atoms with van der Waals surface area (Å²) in [5, 5.41) is 10.8. The Kier molecular flexibility index (Phi) is 5.25. The molecule has 1 aliphatic heterocycles. The van der Waals surface area contributed by atoms with E-state index in [1.165, 1.54) is 5.69 Å². The van der Waals surface area contributed by atoms with Crippen LogP contribution in [0.4, 0.5) is 5.69 Å². The van der Waals surface area contributed by atoms with E-state index < -0.39 is 0 Å². The van der Waals surface area contributed by atoms with Gasteiger partial charge in [0.05, 0.1) is 11.9 Å². The van der Waals surface area contributed by atoms with Crippen molar-refractivity contribution in [2.24, 2.45) is 0 Å². The first-order chi connectivity index (χ1) is 13.3. The molecule has 27 heavy (non-hydrogen) atoms. The Morgan fingerprint density at radius 3 is 2.85 bits per heavy atom. The number of H-pyrrole nitrogens is 1. The van der Waals surface area contributed by atoms with E-state index in [-0.39, 0.29) is 6.79 Å². The highest BCUT2D eigenvalue weighted by molar-refractivity contribution is 5.66. The largest absolute Gasteiger partial charge is 0.454 e. The number of nitrogens with zero attached hydrogens (tertiary/aromatic N) is 2. The summed E-state index contributed by atoms with van der Waals surface area (Å²) in [6, 6.07) is 16.4. The summed E-state index contributed by atoms with van der Waals surface area (Å²) in [5.41, 5.74) is 4.46. The quantitative estimate of drug-likeness (QED) is 0.600. The van der Waals surface area contributed by atoms with E-state index in [9.17, 15) is 0 Å². The number of aromatic amines is 1. The van der Waals surface area contributed by atoms with Gasteiger partial charge in [0.1, 0.15) is 0 Å². The molecule has 0 unspecified atom stereocenters. The number of hydrogen-bond donors (Lipinski definition) is 2. The molecule has 0 fully saturated rings. The number of fused-ring (bicyclic) bond motifs is 1. The molecule has 2 N–H and O–H groups in total. The molecule has 0 radical (unpaired) electrons. The average Bonchev–Trinajstić information content (AvgIpc) is 3.36. The van der Waals surface area contributed by atoms with Crippen LogP contribution in [0.15, 0.2) is 54.7 Å². The molecule has 1 aromatic heterocycles. The van der Waals surface area contributed by atoms with Crippen LogP contribution in [0.5, 0.6) is 11.5 Å². The number of anilines is 1. The van der Waals surface area contributed by atoms with Gasteiger partial charge in [-0.3, -0.25) is 5.10 Å². The SMILES string of the molecule is CN(CCCNCc1cn[nH]c1-c1ccc2c(c1)OCO2)c1ccccc1. The molecular formula is C21H24N4O2. The van der Waals surface area contributed by atoms with Gasteiger partial charge in [0.2, 0.25) is 6.79 Å². The van der Waals surface area contributed by atoms with Crippen LogP contribution in [0, 0.1) is 0 Å². The van der Waals surface area contributed by atoms with Crippen LogP contribution in [-0.2, 0) is 6.54 Å². The molecule has 0 saturated heterocycles. The van der Waals surface area contributed by atoms with Crippen molar-refractivity contribution in [2.45, 2.75) is 13.0 Å². The van der Waals surface area contributed by atoms with Gasteiger partial charge in [-0.15, -0.1) is 0 Å². The summed E-state index contributed by atoms with van der Waals surface area (Å²) in [5.74, 6) is 1.57. The zero-order valence-electron chi connectivity index (χ0n) is 15.4. The van der Waals surface area contributed by atoms with Gasteiger partial charge in [-0.1, -0.05) is 18.2 Å².